The summed E-state index contributed by atoms with van der Waals surface area (Å²) < 4.78 is 43.7. The van der Waals surface area contributed by atoms with Gasteiger partial charge in [-0.05, 0) is 61.1 Å². The number of aromatic nitrogens is 2. The van der Waals surface area contributed by atoms with Crippen molar-refractivity contribution in [3.63, 3.8) is 0 Å². The summed E-state index contributed by atoms with van der Waals surface area (Å²) in [4.78, 5) is 20.6. The molecule has 0 radical (unpaired) electrons. The van der Waals surface area contributed by atoms with Crippen molar-refractivity contribution < 1.29 is 22.3 Å². The van der Waals surface area contributed by atoms with Crippen LogP contribution >= 0.6 is 11.3 Å². The Hall–Kier alpha value is -2.85. The molecule has 0 spiro atoms. The molecule has 0 unspecified atom stereocenters. The first-order chi connectivity index (χ1) is 15.2. The summed E-state index contributed by atoms with van der Waals surface area (Å²) in [5, 5.41) is 1.97. The van der Waals surface area contributed by atoms with Gasteiger partial charge in [0.1, 0.15) is 11.5 Å². The van der Waals surface area contributed by atoms with E-state index in [1.807, 2.05) is 6.07 Å². The first-order valence-electron chi connectivity index (χ1n) is 10.1. The lowest BCUT2D eigenvalue weighted by Crippen LogP contribution is -2.12. The van der Waals surface area contributed by atoms with Crippen LogP contribution in [0.3, 0.4) is 0 Å². The van der Waals surface area contributed by atoms with Crippen molar-refractivity contribution in [3.05, 3.63) is 59.0 Å². The average molecular weight is 476 g/mol. The van der Waals surface area contributed by atoms with Gasteiger partial charge in [0, 0.05) is 5.56 Å². The van der Waals surface area contributed by atoms with Gasteiger partial charge in [0.15, 0.2) is 25.1 Å². The Balaban J connectivity index is 1.56. The quantitative estimate of drug-likeness (QED) is 0.500. The molecule has 32 heavy (non-hydrogen) atoms. The third-order valence-corrected chi connectivity index (χ3v) is 7.64. The van der Waals surface area contributed by atoms with Crippen molar-refractivity contribution in [3.8, 4) is 11.5 Å². The molecule has 4 rings (SSSR count). The number of rotatable bonds is 8. The van der Waals surface area contributed by atoms with Gasteiger partial charge in [0.2, 0.25) is 0 Å². The first kappa shape index (κ1) is 22.3. The predicted octanol–water partition coefficient (Wildman–Crippen LogP) is 4.86. The summed E-state index contributed by atoms with van der Waals surface area (Å²) in [6, 6.07) is 8.14. The minimum absolute atomic E-state index is 0.0386. The molecule has 2 heterocycles. The molecule has 1 aliphatic carbocycles. The molecule has 0 atom stereocenters. The van der Waals surface area contributed by atoms with Crippen LogP contribution in [0.5, 0.6) is 11.5 Å². The minimum atomic E-state index is -3.37. The van der Waals surface area contributed by atoms with Crippen LogP contribution in [0.1, 0.15) is 42.6 Å². The number of thiazole rings is 1. The van der Waals surface area contributed by atoms with E-state index >= 15 is 0 Å². The normalized spacial score (nSPS) is 13.9. The molecule has 2 aromatic heterocycles. The van der Waals surface area contributed by atoms with Crippen LogP contribution in [-0.2, 0) is 16.3 Å². The van der Waals surface area contributed by atoms with Crippen LogP contribution < -0.4 is 10.1 Å². The number of nitrogens with zero attached hydrogens (tertiary/aromatic N) is 2. The van der Waals surface area contributed by atoms with E-state index in [-0.39, 0.29) is 15.4 Å². The zero-order valence-corrected chi connectivity index (χ0v) is 19.2. The number of anilines is 1. The SMILES string of the molecule is CC(C)Cc1cc(Oc2ccc(S(=O)(=O)C3CC3)nc2)cc(C(=O)Nc2ncc(F)s2)c1. The molecule has 7 nitrogen and oxygen atoms in total. The maximum Gasteiger partial charge on any atom is 0.257 e. The van der Waals surface area contributed by atoms with Gasteiger partial charge in [-0.25, -0.2) is 18.4 Å². The summed E-state index contributed by atoms with van der Waals surface area (Å²) >= 11 is 0.744. The number of amides is 1. The number of hydrogen-bond donors (Lipinski definition) is 1. The Morgan fingerprint density at radius 1 is 1.19 bits per heavy atom. The Morgan fingerprint density at radius 3 is 2.56 bits per heavy atom. The van der Waals surface area contributed by atoms with E-state index < -0.39 is 20.9 Å². The number of sulfone groups is 1. The van der Waals surface area contributed by atoms with Crippen molar-refractivity contribution in [2.75, 3.05) is 5.32 Å². The van der Waals surface area contributed by atoms with E-state index in [1.165, 1.54) is 12.3 Å². The highest BCUT2D eigenvalue weighted by atomic mass is 32.2. The number of carbonyl (C=O) groups excluding carboxylic acids is 1. The highest BCUT2D eigenvalue weighted by molar-refractivity contribution is 7.92. The maximum absolute atomic E-state index is 13.2. The van der Waals surface area contributed by atoms with Gasteiger partial charge in [-0.1, -0.05) is 25.2 Å². The lowest BCUT2D eigenvalue weighted by Gasteiger charge is -2.12. The molecule has 3 aromatic rings. The number of carbonyl (C=O) groups is 1. The van der Waals surface area contributed by atoms with Crippen molar-refractivity contribution >= 4 is 32.2 Å². The molecule has 1 fully saturated rings. The van der Waals surface area contributed by atoms with Crippen LogP contribution in [-0.4, -0.2) is 29.5 Å². The van der Waals surface area contributed by atoms with Gasteiger partial charge in [-0.2, -0.15) is 4.39 Å². The van der Waals surface area contributed by atoms with Crippen LogP contribution in [0.2, 0.25) is 0 Å². The Labute approximate surface area is 189 Å². The standard InChI is InChI=1S/C22H22FN3O4S2/c1-13(2)7-14-8-15(21(27)26-22-25-12-19(23)31-22)10-17(9-14)30-16-3-6-20(24-11-16)32(28,29)18-4-5-18/h3,6,8-13,18H,4-5,7H2,1-2H3,(H,25,26,27). The third-order valence-electron chi connectivity index (χ3n) is 4.77. The second-order valence-corrected chi connectivity index (χ2v) is 11.2. The number of hydrogen-bond acceptors (Lipinski definition) is 7. The summed E-state index contributed by atoms with van der Waals surface area (Å²) in [5.41, 5.74) is 1.24. The fourth-order valence-electron chi connectivity index (χ4n) is 3.20. The molecule has 1 amide bonds. The zero-order valence-electron chi connectivity index (χ0n) is 17.5. The second-order valence-electron chi connectivity index (χ2n) is 8.07. The lowest BCUT2D eigenvalue weighted by atomic mass is 10.0. The van der Waals surface area contributed by atoms with Crippen LogP contribution in [0.4, 0.5) is 9.52 Å². The van der Waals surface area contributed by atoms with Crippen molar-refractivity contribution in [2.45, 2.75) is 43.4 Å². The molecule has 1 saturated carbocycles. The maximum atomic E-state index is 13.2. The highest BCUT2D eigenvalue weighted by Crippen LogP contribution is 2.33. The molecule has 1 N–H and O–H groups in total. The molecule has 1 aromatic carbocycles. The number of halogens is 1. The topological polar surface area (TPSA) is 98.3 Å². The predicted molar refractivity (Wildman–Crippen MR) is 120 cm³/mol. The van der Waals surface area contributed by atoms with E-state index in [1.54, 1.807) is 18.2 Å². The summed E-state index contributed by atoms with van der Waals surface area (Å²) in [6.07, 6.45) is 4.47. The van der Waals surface area contributed by atoms with Crippen molar-refractivity contribution in [1.29, 1.82) is 0 Å². The first-order valence-corrected chi connectivity index (χ1v) is 12.5. The molecular weight excluding hydrogens is 453 g/mol. The van der Waals surface area contributed by atoms with E-state index in [2.05, 4.69) is 29.1 Å². The summed E-state index contributed by atoms with van der Waals surface area (Å²) in [6.45, 7) is 4.13. The summed E-state index contributed by atoms with van der Waals surface area (Å²) in [5.74, 6) is 0.689. The second kappa shape index (κ2) is 8.95. The van der Waals surface area contributed by atoms with Gasteiger partial charge >= 0.3 is 0 Å². The molecule has 0 saturated heterocycles. The van der Waals surface area contributed by atoms with Gasteiger partial charge in [0.05, 0.1) is 17.6 Å². The van der Waals surface area contributed by atoms with Crippen LogP contribution in [0, 0.1) is 11.0 Å². The van der Waals surface area contributed by atoms with Gasteiger partial charge in [0.25, 0.3) is 5.91 Å². The fraction of sp³-hybridized carbons (Fsp3) is 0.318. The number of pyridine rings is 1. The summed E-state index contributed by atoms with van der Waals surface area (Å²) in [7, 11) is -3.37. The zero-order chi connectivity index (χ0) is 22.9. The smallest absolute Gasteiger partial charge is 0.257 e. The van der Waals surface area contributed by atoms with Gasteiger partial charge in [-0.3, -0.25) is 10.1 Å². The monoisotopic (exact) mass is 475 g/mol. The number of nitrogens with one attached hydrogen (secondary N) is 1. The van der Waals surface area contributed by atoms with Crippen LogP contribution in [0.15, 0.2) is 47.8 Å². The average Bonchev–Trinajstić information content (AvgIpc) is 3.51. The number of ether oxygens (including phenoxy) is 1. The minimum Gasteiger partial charge on any atom is -0.456 e. The van der Waals surface area contributed by atoms with E-state index in [0.717, 1.165) is 29.5 Å². The van der Waals surface area contributed by atoms with E-state index in [0.29, 0.717) is 35.8 Å². The molecule has 0 bridgehead atoms. The van der Waals surface area contributed by atoms with Crippen LogP contribution in [0.25, 0.3) is 0 Å². The van der Waals surface area contributed by atoms with Crippen molar-refractivity contribution in [1.82, 2.24) is 9.97 Å². The fourth-order valence-corrected chi connectivity index (χ4v) is 5.30. The molecule has 10 heteroatoms. The molecule has 168 valence electrons. The Morgan fingerprint density at radius 2 is 1.97 bits per heavy atom. The van der Waals surface area contributed by atoms with Crippen molar-refractivity contribution in [2.24, 2.45) is 5.92 Å². The third kappa shape index (κ3) is 5.31. The van der Waals surface area contributed by atoms with Gasteiger partial charge < -0.3 is 4.74 Å². The Bertz CT molecular complexity index is 1240. The molecule has 1 aliphatic rings. The van der Waals surface area contributed by atoms with E-state index in [4.69, 9.17) is 4.74 Å². The highest BCUT2D eigenvalue weighted by Gasteiger charge is 2.37. The van der Waals surface area contributed by atoms with E-state index in [9.17, 15) is 17.6 Å². The lowest BCUT2D eigenvalue weighted by molar-refractivity contribution is 0.102. The Kier molecular flexibility index (Phi) is 6.25. The molecule has 0 aliphatic heterocycles. The number of benzene rings is 1. The largest absolute Gasteiger partial charge is 0.456 e. The van der Waals surface area contributed by atoms with Gasteiger partial charge in [-0.15, -0.1) is 0 Å². The molecular formula is C22H22FN3O4S2.